The largest absolute Gasteiger partial charge is 0.461 e. The van der Waals surface area contributed by atoms with E-state index in [4.69, 9.17) is 23.7 Å². The maximum Gasteiger partial charge on any atom is 0.407 e. The van der Waals surface area contributed by atoms with Crippen molar-refractivity contribution in [2.45, 2.75) is 272 Å². The molecule has 1 aromatic carbocycles. The lowest BCUT2D eigenvalue weighted by Crippen LogP contribution is -2.35. The number of nitrogens with zero attached hydrogens (tertiary/aromatic N) is 1. The fourth-order valence-electron chi connectivity index (χ4n) is 8.95. The Kier molecular flexibility index (Phi) is 40.0. The lowest BCUT2D eigenvalue weighted by atomic mass is 10.00. The van der Waals surface area contributed by atoms with Gasteiger partial charge in [-0.3, -0.25) is 9.59 Å². The summed E-state index contributed by atoms with van der Waals surface area (Å²) in [7, 11) is 0. The van der Waals surface area contributed by atoms with Crippen LogP contribution < -0.4 is 5.32 Å². The molecule has 10 nitrogen and oxygen atoms in total. The van der Waals surface area contributed by atoms with E-state index < -0.39 is 12.4 Å². The van der Waals surface area contributed by atoms with Crippen LogP contribution in [0.4, 0.5) is 4.79 Å². The molecular weight excluding hydrogens is 853 g/mol. The van der Waals surface area contributed by atoms with Gasteiger partial charge >= 0.3 is 18.0 Å². The van der Waals surface area contributed by atoms with E-state index in [1.54, 1.807) is 0 Å². The Labute approximate surface area is 417 Å². The van der Waals surface area contributed by atoms with Gasteiger partial charge < -0.3 is 33.9 Å². The molecule has 1 aliphatic rings. The van der Waals surface area contributed by atoms with Crippen molar-refractivity contribution in [2.75, 3.05) is 39.4 Å². The molecule has 68 heavy (non-hydrogen) atoms. The molecule has 1 radical (unpaired) electrons. The van der Waals surface area contributed by atoms with Crippen LogP contribution in [-0.4, -0.2) is 74.7 Å². The second-order valence-corrected chi connectivity index (χ2v) is 19.7. The van der Waals surface area contributed by atoms with Gasteiger partial charge in [0.15, 0.2) is 6.29 Å². The van der Waals surface area contributed by atoms with Crippen molar-refractivity contribution in [1.82, 2.24) is 10.2 Å². The minimum Gasteiger partial charge on any atom is -0.461 e. The van der Waals surface area contributed by atoms with E-state index in [0.717, 1.165) is 107 Å². The summed E-state index contributed by atoms with van der Waals surface area (Å²) in [5, 5.41) is 2.92. The molecule has 1 aromatic rings. The normalized spacial score (nSPS) is 13.3. The van der Waals surface area contributed by atoms with Crippen molar-refractivity contribution >= 4 is 18.0 Å². The minimum atomic E-state index is -0.410. The Morgan fingerprint density at radius 3 is 1.62 bits per heavy atom. The zero-order valence-electron chi connectivity index (χ0n) is 44.4. The predicted octanol–water partition coefficient (Wildman–Crippen LogP) is 15.2. The molecule has 0 aromatic heterocycles. The topological polar surface area (TPSA) is 113 Å². The molecular formula is C58H103N2O8. The lowest BCUT2D eigenvalue weighted by Gasteiger charge is -2.19. The molecule has 393 valence electrons. The molecule has 1 atom stereocenters. The van der Waals surface area contributed by atoms with Crippen LogP contribution in [0.3, 0.4) is 0 Å². The van der Waals surface area contributed by atoms with E-state index in [0.29, 0.717) is 32.6 Å². The average molecular weight is 956 g/mol. The number of ether oxygens (including phenoxy) is 5. The van der Waals surface area contributed by atoms with E-state index in [1.165, 1.54) is 122 Å². The molecule has 1 aliphatic heterocycles. The number of likely N-dealkylation sites (tertiary alicyclic amines) is 1. The van der Waals surface area contributed by atoms with E-state index >= 15 is 0 Å². The smallest absolute Gasteiger partial charge is 0.407 e. The molecule has 1 amide bonds. The second kappa shape index (κ2) is 44.3. The van der Waals surface area contributed by atoms with Crippen LogP contribution in [0, 0.1) is 6.42 Å². The first kappa shape index (κ1) is 61.4. The number of hydrogen-bond donors (Lipinski definition) is 1. The first-order valence-electron chi connectivity index (χ1n) is 28.5. The molecule has 1 saturated heterocycles. The van der Waals surface area contributed by atoms with Crippen LogP contribution in [0.5, 0.6) is 0 Å². The van der Waals surface area contributed by atoms with E-state index in [-0.39, 0.29) is 44.1 Å². The number of esters is 2. The van der Waals surface area contributed by atoms with Crippen LogP contribution in [0.25, 0.3) is 0 Å². The summed E-state index contributed by atoms with van der Waals surface area (Å²) in [4.78, 5) is 41.5. The van der Waals surface area contributed by atoms with Gasteiger partial charge in [-0.05, 0) is 100 Å². The Hall–Kier alpha value is -2.69. The van der Waals surface area contributed by atoms with Crippen molar-refractivity contribution < 1.29 is 38.1 Å². The van der Waals surface area contributed by atoms with Crippen LogP contribution in [0.2, 0.25) is 0 Å². The SMILES string of the molecule is CCCCC[CH]CCCCCCCc1cc(COC(=O)CCC(CCCCCC)OC(=O)NCCN2CCCC2)cc(COC(=O)CCC(OCCCCCCCC)OCCCCCCCC)c1. The number of nitrogens with one attached hydrogen (secondary N) is 1. The van der Waals surface area contributed by atoms with Gasteiger partial charge in [0, 0.05) is 39.1 Å². The highest BCUT2D eigenvalue weighted by molar-refractivity contribution is 5.70. The first-order valence-corrected chi connectivity index (χ1v) is 28.5. The second-order valence-electron chi connectivity index (χ2n) is 19.7. The number of amides is 1. The highest BCUT2D eigenvalue weighted by atomic mass is 16.7. The summed E-state index contributed by atoms with van der Waals surface area (Å²) in [5.41, 5.74) is 2.94. The van der Waals surface area contributed by atoms with Gasteiger partial charge in [0.1, 0.15) is 19.3 Å². The number of benzene rings is 1. The molecule has 0 bridgehead atoms. The van der Waals surface area contributed by atoms with Gasteiger partial charge in [0.05, 0.1) is 6.42 Å². The Morgan fingerprint density at radius 1 is 0.559 bits per heavy atom. The molecule has 10 heteroatoms. The molecule has 1 heterocycles. The summed E-state index contributed by atoms with van der Waals surface area (Å²) in [6, 6.07) is 6.25. The Balaban J connectivity index is 1.97. The fraction of sp³-hybridized carbons (Fsp3) is 0.828. The summed E-state index contributed by atoms with van der Waals surface area (Å²) >= 11 is 0. The third-order valence-corrected chi connectivity index (χ3v) is 13.2. The zero-order chi connectivity index (χ0) is 49.0. The van der Waals surface area contributed by atoms with Gasteiger partial charge in [-0.2, -0.15) is 0 Å². The van der Waals surface area contributed by atoms with Gasteiger partial charge in [0.2, 0.25) is 0 Å². The lowest BCUT2D eigenvalue weighted by molar-refractivity contribution is -0.160. The predicted molar refractivity (Wildman–Crippen MR) is 279 cm³/mol. The monoisotopic (exact) mass is 956 g/mol. The molecule has 1 fully saturated rings. The quantitative estimate of drug-likeness (QED) is 0.0295. The number of rotatable bonds is 47. The number of aryl methyl sites for hydroxylation is 1. The third kappa shape index (κ3) is 35.4. The summed E-state index contributed by atoms with van der Waals surface area (Å²) in [6.45, 7) is 14.0. The van der Waals surface area contributed by atoms with Crippen molar-refractivity contribution in [1.29, 1.82) is 0 Å². The first-order chi connectivity index (χ1) is 33.4. The standard InChI is InChI=1S/C58H103N2O8/c1-5-9-13-17-20-21-22-23-24-25-28-34-51-46-52(49-66-55(61)37-36-54(35-29-16-12-8-4)68-58(63)59-40-43-60-41-30-31-42-60)48-53(47-51)50-67-56(62)38-39-57(64-44-32-26-18-14-10-6-2)65-45-33-27-19-15-11-7-3/h20,46-48,54,57H,5-19,21-45,49-50H2,1-4H3,(H,59,63). The summed E-state index contributed by atoms with van der Waals surface area (Å²) < 4.78 is 29.9. The van der Waals surface area contributed by atoms with Gasteiger partial charge in [-0.15, -0.1) is 0 Å². The van der Waals surface area contributed by atoms with Crippen LogP contribution >= 0.6 is 0 Å². The average Bonchev–Trinajstić information content (AvgIpc) is 3.87. The van der Waals surface area contributed by atoms with Crippen molar-refractivity contribution in [2.24, 2.45) is 0 Å². The maximum atomic E-state index is 13.2. The Morgan fingerprint density at radius 2 is 1.03 bits per heavy atom. The highest BCUT2D eigenvalue weighted by Crippen LogP contribution is 2.20. The molecule has 0 aliphatic carbocycles. The molecule has 0 saturated carbocycles. The van der Waals surface area contributed by atoms with E-state index in [2.05, 4.69) is 56.5 Å². The number of unbranched alkanes of at least 4 members (excludes halogenated alkanes) is 23. The summed E-state index contributed by atoms with van der Waals surface area (Å²) in [5.74, 6) is -0.580. The van der Waals surface area contributed by atoms with Crippen molar-refractivity contribution in [3.63, 3.8) is 0 Å². The van der Waals surface area contributed by atoms with Gasteiger partial charge in [-0.1, -0.05) is 181 Å². The number of hydrogen-bond acceptors (Lipinski definition) is 9. The number of alkyl carbamates (subject to hydrolysis) is 1. The highest BCUT2D eigenvalue weighted by Gasteiger charge is 2.19. The Bertz CT molecular complexity index is 1340. The fourth-order valence-corrected chi connectivity index (χ4v) is 8.95. The van der Waals surface area contributed by atoms with Gasteiger partial charge in [-0.25, -0.2) is 4.79 Å². The third-order valence-electron chi connectivity index (χ3n) is 13.2. The molecule has 1 N–H and O–H groups in total. The summed E-state index contributed by atoms with van der Waals surface area (Å²) in [6.07, 6.45) is 37.7. The zero-order valence-corrected chi connectivity index (χ0v) is 44.4. The number of carbonyl (C=O) groups excluding carboxylic acids is 3. The minimum absolute atomic E-state index is 0.134. The van der Waals surface area contributed by atoms with Crippen molar-refractivity contribution in [3.05, 3.63) is 41.3 Å². The van der Waals surface area contributed by atoms with E-state index in [9.17, 15) is 14.4 Å². The van der Waals surface area contributed by atoms with E-state index in [1.807, 2.05) is 6.07 Å². The molecule has 0 spiro atoms. The maximum absolute atomic E-state index is 13.2. The van der Waals surface area contributed by atoms with Gasteiger partial charge in [0.25, 0.3) is 0 Å². The van der Waals surface area contributed by atoms with Crippen LogP contribution in [-0.2, 0) is 52.9 Å². The van der Waals surface area contributed by atoms with Crippen LogP contribution in [0.15, 0.2) is 18.2 Å². The molecule has 1 unspecified atom stereocenters. The van der Waals surface area contributed by atoms with Crippen LogP contribution in [0.1, 0.15) is 256 Å². The van der Waals surface area contributed by atoms with Crippen molar-refractivity contribution in [3.8, 4) is 0 Å². The number of carbonyl (C=O) groups is 3. The molecule has 2 rings (SSSR count).